The summed E-state index contributed by atoms with van der Waals surface area (Å²) in [5, 5.41) is 13.9. The van der Waals surface area contributed by atoms with Crippen molar-refractivity contribution in [3.8, 4) is 0 Å². The number of carboxylic acid groups (broad SMARTS) is 1. The average Bonchev–Trinajstić information content (AvgIpc) is 2.64. The maximum atomic E-state index is 10.5. The first kappa shape index (κ1) is 20.8. The van der Waals surface area contributed by atoms with Crippen molar-refractivity contribution < 1.29 is 39.5 Å². The summed E-state index contributed by atoms with van der Waals surface area (Å²) in [4.78, 5) is 15.2. The SMILES string of the molecule is O=C([O-])CCCN1CCN(c2ccc(Nc3ccccc3)cc2)CC1.[Na+]. The van der Waals surface area contributed by atoms with Crippen molar-refractivity contribution in [2.24, 2.45) is 0 Å². The van der Waals surface area contributed by atoms with E-state index in [-0.39, 0.29) is 36.0 Å². The Hall–Kier alpha value is -1.53. The molecule has 0 saturated carbocycles. The molecule has 132 valence electrons. The van der Waals surface area contributed by atoms with Gasteiger partial charge in [-0.3, -0.25) is 4.90 Å². The Balaban J connectivity index is 0.00000243. The fourth-order valence-corrected chi connectivity index (χ4v) is 3.12. The summed E-state index contributed by atoms with van der Waals surface area (Å²) in [6.07, 6.45) is 0.818. The number of hydrogen-bond acceptors (Lipinski definition) is 5. The smallest absolute Gasteiger partial charge is 0.550 e. The van der Waals surface area contributed by atoms with Gasteiger partial charge in [-0.05, 0) is 55.8 Å². The first-order valence-corrected chi connectivity index (χ1v) is 8.80. The van der Waals surface area contributed by atoms with Gasteiger partial charge in [0.05, 0.1) is 0 Å². The normalized spacial score (nSPS) is 14.5. The van der Waals surface area contributed by atoms with Gasteiger partial charge in [0.25, 0.3) is 0 Å². The Morgan fingerprint density at radius 3 is 2.15 bits per heavy atom. The van der Waals surface area contributed by atoms with Crippen LogP contribution in [0.25, 0.3) is 0 Å². The summed E-state index contributed by atoms with van der Waals surface area (Å²) in [6.45, 7) is 4.71. The third-order valence-electron chi connectivity index (χ3n) is 4.52. The third kappa shape index (κ3) is 6.32. The minimum atomic E-state index is -0.956. The molecule has 0 spiro atoms. The summed E-state index contributed by atoms with van der Waals surface area (Å²) >= 11 is 0. The van der Waals surface area contributed by atoms with E-state index in [0.717, 1.165) is 44.1 Å². The summed E-state index contributed by atoms with van der Waals surface area (Å²) in [6, 6.07) is 18.6. The molecule has 5 nitrogen and oxygen atoms in total. The van der Waals surface area contributed by atoms with Gasteiger partial charge in [-0.15, -0.1) is 0 Å². The molecule has 0 aliphatic carbocycles. The average molecular weight is 361 g/mol. The molecule has 1 N–H and O–H groups in total. The number of rotatable bonds is 7. The molecule has 3 rings (SSSR count). The van der Waals surface area contributed by atoms with Crippen LogP contribution in [-0.2, 0) is 4.79 Å². The second-order valence-corrected chi connectivity index (χ2v) is 6.34. The van der Waals surface area contributed by atoms with E-state index in [1.54, 1.807) is 0 Å². The van der Waals surface area contributed by atoms with Gasteiger partial charge in [-0.25, -0.2) is 0 Å². The van der Waals surface area contributed by atoms with Crippen LogP contribution >= 0.6 is 0 Å². The van der Waals surface area contributed by atoms with E-state index in [4.69, 9.17) is 0 Å². The number of benzene rings is 2. The molecule has 2 aromatic rings. The van der Waals surface area contributed by atoms with E-state index in [0.29, 0.717) is 6.42 Å². The monoisotopic (exact) mass is 361 g/mol. The summed E-state index contributed by atoms with van der Waals surface area (Å²) < 4.78 is 0. The van der Waals surface area contributed by atoms with Crippen molar-refractivity contribution in [3.05, 3.63) is 54.6 Å². The molecule has 26 heavy (non-hydrogen) atoms. The standard InChI is InChI=1S/C20H25N3O2.Na/c24-20(25)7-4-12-22-13-15-23(16-14-22)19-10-8-18(9-11-19)21-17-5-2-1-3-6-17;/h1-3,5-6,8-11,21H,4,7,12-16H2,(H,24,25);/q;+1/p-1. The van der Waals surface area contributed by atoms with Crippen molar-refractivity contribution >= 4 is 23.0 Å². The minimum absolute atomic E-state index is 0. The molecule has 1 fully saturated rings. The second kappa shape index (κ2) is 10.6. The Labute approximate surface area is 177 Å². The van der Waals surface area contributed by atoms with Gasteiger partial charge in [0, 0.05) is 49.2 Å². The van der Waals surface area contributed by atoms with Crippen LogP contribution in [0.1, 0.15) is 12.8 Å². The van der Waals surface area contributed by atoms with Gasteiger partial charge >= 0.3 is 29.6 Å². The van der Waals surface area contributed by atoms with E-state index < -0.39 is 5.97 Å². The van der Waals surface area contributed by atoms with Crippen LogP contribution in [0, 0.1) is 0 Å². The number of carboxylic acids is 1. The van der Waals surface area contributed by atoms with E-state index in [1.807, 2.05) is 30.3 Å². The molecule has 6 heteroatoms. The van der Waals surface area contributed by atoms with Gasteiger partial charge in [0.1, 0.15) is 0 Å². The maximum absolute atomic E-state index is 10.5. The maximum Gasteiger partial charge on any atom is 1.00 e. The first-order valence-electron chi connectivity index (χ1n) is 8.80. The number of hydrogen-bond donors (Lipinski definition) is 1. The quantitative estimate of drug-likeness (QED) is 0.647. The van der Waals surface area contributed by atoms with Crippen molar-refractivity contribution in [1.82, 2.24) is 4.90 Å². The molecule has 2 aromatic carbocycles. The molecule has 0 unspecified atom stereocenters. The molecule has 1 saturated heterocycles. The minimum Gasteiger partial charge on any atom is -0.550 e. The molecule has 0 amide bonds. The molecule has 0 radical (unpaired) electrons. The van der Waals surface area contributed by atoms with Crippen LogP contribution in [0.3, 0.4) is 0 Å². The van der Waals surface area contributed by atoms with E-state index in [2.05, 4.69) is 39.4 Å². The van der Waals surface area contributed by atoms with E-state index in [9.17, 15) is 9.90 Å². The van der Waals surface area contributed by atoms with Crippen LogP contribution < -0.4 is 44.9 Å². The Bertz CT molecular complexity index is 671. The summed E-state index contributed by atoms with van der Waals surface area (Å²) in [5.41, 5.74) is 3.39. The topological polar surface area (TPSA) is 58.6 Å². The Morgan fingerprint density at radius 2 is 1.54 bits per heavy atom. The molecular weight excluding hydrogens is 337 g/mol. The fraction of sp³-hybridized carbons (Fsp3) is 0.350. The van der Waals surface area contributed by atoms with Gasteiger partial charge in [0.15, 0.2) is 0 Å². The Kier molecular flexibility index (Phi) is 8.45. The first-order chi connectivity index (χ1) is 12.2. The van der Waals surface area contributed by atoms with Gasteiger partial charge in [0.2, 0.25) is 0 Å². The van der Waals surface area contributed by atoms with Crippen molar-refractivity contribution in [2.75, 3.05) is 42.9 Å². The Morgan fingerprint density at radius 1 is 0.923 bits per heavy atom. The summed E-state index contributed by atoms with van der Waals surface area (Å²) in [5.74, 6) is -0.956. The molecule has 0 bridgehead atoms. The number of carbonyl (C=O) groups is 1. The predicted octanol–water partition coefficient (Wildman–Crippen LogP) is -0.914. The second-order valence-electron chi connectivity index (χ2n) is 6.34. The molecule has 0 atom stereocenters. The zero-order chi connectivity index (χ0) is 17.5. The summed E-state index contributed by atoms with van der Waals surface area (Å²) in [7, 11) is 0. The van der Waals surface area contributed by atoms with Crippen molar-refractivity contribution in [3.63, 3.8) is 0 Å². The van der Waals surface area contributed by atoms with Gasteiger partial charge in [-0.2, -0.15) is 0 Å². The molecular formula is C20H24N3NaO2. The molecule has 1 aliphatic heterocycles. The largest absolute Gasteiger partial charge is 1.00 e. The van der Waals surface area contributed by atoms with Crippen LogP contribution in [0.4, 0.5) is 17.1 Å². The number of nitrogens with zero attached hydrogens (tertiary/aromatic N) is 2. The zero-order valence-corrected chi connectivity index (χ0v) is 17.4. The van der Waals surface area contributed by atoms with E-state index >= 15 is 0 Å². The number of para-hydroxylation sites is 1. The van der Waals surface area contributed by atoms with Gasteiger partial charge < -0.3 is 20.1 Å². The molecule has 1 aliphatic rings. The van der Waals surface area contributed by atoms with Crippen molar-refractivity contribution in [1.29, 1.82) is 0 Å². The fourth-order valence-electron chi connectivity index (χ4n) is 3.12. The molecule has 0 aromatic heterocycles. The van der Waals surface area contributed by atoms with Crippen LogP contribution in [0.5, 0.6) is 0 Å². The van der Waals surface area contributed by atoms with Crippen LogP contribution in [0.2, 0.25) is 0 Å². The van der Waals surface area contributed by atoms with Crippen LogP contribution in [0.15, 0.2) is 54.6 Å². The van der Waals surface area contributed by atoms with Crippen molar-refractivity contribution in [2.45, 2.75) is 12.8 Å². The number of piperazine rings is 1. The number of aliphatic carboxylic acids is 1. The van der Waals surface area contributed by atoms with E-state index in [1.165, 1.54) is 5.69 Å². The predicted molar refractivity (Wildman–Crippen MR) is 99.1 cm³/mol. The number of anilines is 3. The van der Waals surface area contributed by atoms with Crippen LogP contribution in [-0.4, -0.2) is 43.6 Å². The van der Waals surface area contributed by atoms with Gasteiger partial charge in [-0.1, -0.05) is 18.2 Å². The number of carbonyl (C=O) groups excluding carboxylic acids is 1. The third-order valence-corrected chi connectivity index (χ3v) is 4.52. The zero-order valence-electron chi connectivity index (χ0n) is 15.4. The number of nitrogens with one attached hydrogen (secondary N) is 1. The molecule has 1 heterocycles.